The van der Waals surface area contributed by atoms with Crippen LogP contribution >= 0.6 is 0 Å². The van der Waals surface area contributed by atoms with E-state index in [0.717, 1.165) is 16.8 Å². The number of H-pyrrole nitrogens is 1. The van der Waals surface area contributed by atoms with E-state index in [-0.39, 0.29) is 5.88 Å². The molecule has 1 aromatic heterocycles. The first-order chi connectivity index (χ1) is 14.1. The van der Waals surface area contributed by atoms with Crippen LogP contribution < -0.4 is 15.2 Å². The zero-order chi connectivity index (χ0) is 20.4. The maximum Gasteiger partial charge on any atom is 0.415 e. The van der Waals surface area contributed by atoms with Gasteiger partial charge in [0.2, 0.25) is 11.8 Å². The number of morpholine rings is 1. The lowest BCUT2D eigenvalue weighted by Gasteiger charge is -2.26. The number of nitrogens with two attached hydrogens (primary N) is 1. The molecule has 2 aliphatic heterocycles. The largest absolute Gasteiger partial charge is 0.420 e. The van der Waals surface area contributed by atoms with Crippen LogP contribution in [0.3, 0.4) is 0 Å². The Morgan fingerprint density at radius 2 is 2.24 bits per heavy atom. The third kappa shape index (κ3) is 3.50. The molecule has 1 saturated heterocycles. The number of aryl methyl sites for hydroxylation is 1. The van der Waals surface area contributed by atoms with Gasteiger partial charge in [-0.3, -0.25) is 5.10 Å². The monoisotopic (exact) mass is 395 g/mol. The van der Waals surface area contributed by atoms with Gasteiger partial charge in [0, 0.05) is 24.3 Å². The summed E-state index contributed by atoms with van der Waals surface area (Å²) in [6.45, 7) is 3.97. The van der Waals surface area contributed by atoms with Crippen molar-refractivity contribution in [3.05, 3.63) is 52.5 Å². The highest BCUT2D eigenvalue weighted by Crippen LogP contribution is 2.43. The number of amides is 1. The Kier molecular flexibility index (Phi) is 5.10. The minimum Gasteiger partial charge on any atom is -0.420 e. The van der Waals surface area contributed by atoms with Crippen LogP contribution in [0.15, 0.2) is 35.7 Å². The summed E-state index contributed by atoms with van der Waals surface area (Å²) in [5.74, 6) is 0.317. The molecule has 9 nitrogen and oxygen atoms in total. The van der Waals surface area contributed by atoms with Gasteiger partial charge in [-0.1, -0.05) is 19.1 Å². The lowest BCUT2D eigenvalue weighted by Crippen LogP contribution is -2.42. The van der Waals surface area contributed by atoms with Crippen LogP contribution in [0.1, 0.15) is 29.7 Å². The Morgan fingerprint density at radius 1 is 1.45 bits per heavy atom. The van der Waals surface area contributed by atoms with Crippen LogP contribution in [-0.4, -0.2) is 47.5 Å². The van der Waals surface area contributed by atoms with Crippen molar-refractivity contribution in [3.8, 4) is 17.7 Å². The minimum atomic E-state index is -0.459. The number of aromatic amines is 1. The van der Waals surface area contributed by atoms with Crippen molar-refractivity contribution in [2.24, 2.45) is 5.73 Å². The van der Waals surface area contributed by atoms with Gasteiger partial charge >= 0.3 is 6.09 Å². The maximum atomic E-state index is 12.4. The summed E-state index contributed by atoms with van der Waals surface area (Å²) in [7, 11) is 0. The van der Waals surface area contributed by atoms with Gasteiger partial charge in [-0.25, -0.2) is 4.79 Å². The van der Waals surface area contributed by atoms with Gasteiger partial charge in [0.15, 0.2) is 0 Å². The van der Waals surface area contributed by atoms with Gasteiger partial charge in [-0.05, 0) is 24.1 Å². The molecule has 2 aliphatic rings. The number of hydrogen-bond acceptors (Lipinski definition) is 7. The van der Waals surface area contributed by atoms with Crippen LogP contribution in [0.5, 0.6) is 11.6 Å². The summed E-state index contributed by atoms with van der Waals surface area (Å²) in [4.78, 5) is 14.0. The molecule has 29 heavy (non-hydrogen) atoms. The van der Waals surface area contributed by atoms with Gasteiger partial charge in [0.05, 0.1) is 19.1 Å². The molecule has 1 aromatic carbocycles. The zero-order valence-corrected chi connectivity index (χ0v) is 16.0. The number of fused-ring (bicyclic) bond motifs is 1. The van der Waals surface area contributed by atoms with E-state index in [0.29, 0.717) is 49.9 Å². The molecule has 1 fully saturated rings. The standard InChI is InChI=1S/C20H21N5O4/c1-2-15-17-16(14(11-21)18(22)29-19(17)24-23-15)12-4-3-5-13(10-12)28-20(26)25-6-8-27-9-7-25/h3-5,10,16H,2,6-9,22H2,1H3,(H,23,24)/t16-/m1/s1. The van der Waals surface area contributed by atoms with Crippen LogP contribution in [0.4, 0.5) is 4.79 Å². The smallest absolute Gasteiger partial charge is 0.415 e. The van der Waals surface area contributed by atoms with Crippen LogP contribution in [0.2, 0.25) is 0 Å². The van der Waals surface area contributed by atoms with E-state index < -0.39 is 12.0 Å². The van der Waals surface area contributed by atoms with Crippen molar-refractivity contribution in [1.29, 1.82) is 5.26 Å². The molecule has 150 valence electrons. The number of hydrogen-bond donors (Lipinski definition) is 2. The van der Waals surface area contributed by atoms with E-state index in [4.69, 9.17) is 19.9 Å². The SMILES string of the molecule is CCc1[nH]nc2c1[C@H](c1cccc(OC(=O)N3CCOCC3)c1)C(C#N)=C(N)O2. The number of nitrogens with zero attached hydrogens (tertiary/aromatic N) is 3. The van der Waals surface area contributed by atoms with E-state index in [9.17, 15) is 10.1 Å². The van der Waals surface area contributed by atoms with Crippen molar-refractivity contribution in [2.45, 2.75) is 19.3 Å². The van der Waals surface area contributed by atoms with Crippen molar-refractivity contribution in [2.75, 3.05) is 26.3 Å². The number of nitrogens with one attached hydrogen (secondary N) is 1. The Balaban J connectivity index is 1.67. The Bertz CT molecular complexity index is 1000. The number of carbonyl (C=O) groups is 1. The predicted octanol–water partition coefficient (Wildman–Crippen LogP) is 2.02. The number of ether oxygens (including phenoxy) is 3. The zero-order valence-electron chi connectivity index (χ0n) is 16.0. The highest BCUT2D eigenvalue weighted by Gasteiger charge is 2.35. The lowest BCUT2D eigenvalue weighted by atomic mass is 9.83. The van der Waals surface area contributed by atoms with Gasteiger partial charge in [0.1, 0.15) is 17.4 Å². The van der Waals surface area contributed by atoms with Gasteiger partial charge in [-0.2, -0.15) is 5.26 Å². The number of nitriles is 1. The Hall–Kier alpha value is -3.51. The fourth-order valence-corrected chi connectivity index (χ4v) is 3.58. The number of rotatable bonds is 3. The first kappa shape index (κ1) is 18.8. The molecule has 9 heteroatoms. The minimum absolute atomic E-state index is 0.0230. The van der Waals surface area contributed by atoms with Crippen LogP contribution in [0.25, 0.3) is 0 Å². The summed E-state index contributed by atoms with van der Waals surface area (Å²) in [5.41, 5.74) is 8.67. The molecule has 1 atom stereocenters. The first-order valence-electron chi connectivity index (χ1n) is 9.41. The Morgan fingerprint density at radius 3 is 2.97 bits per heavy atom. The van der Waals surface area contributed by atoms with E-state index in [1.165, 1.54) is 0 Å². The molecular formula is C20H21N5O4. The Labute approximate surface area is 167 Å². The van der Waals surface area contributed by atoms with Crippen LogP contribution in [0, 0.1) is 11.3 Å². The van der Waals surface area contributed by atoms with Gasteiger partial charge in [-0.15, -0.1) is 5.10 Å². The highest BCUT2D eigenvalue weighted by atomic mass is 16.6. The molecule has 3 N–H and O–H groups in total. The van der Waals surface area contributed by atoms with Gasteiger partial charge in [0.25, 0.3) is 0 Å². The quantitative estimate of drug-likeness (QED) is 0.814. The molecule has 4 rings (SSSR count). The predicted molar refractivity (Wildman–Crippen MR) is 102 cm³/mol. The molecule has 0 bridgehead atoms. The van der Waals surface area contributed by atoms with Crippen molar-refractivity contribution in [3.63, 3.8) is 0 Å². The third-order valence-corrected chi connectivity index (χ3v) is 5.04. The van der Waals surface area contributed by atoms with E-state index in [1.807, 2.05) is 13.0 Å². The first-order valence-corrected chi connectivity index (χ1v) is 9.41. The van der Waals surface area contributed by atoms with E-state index in [1.54, 1.807) is 23.1 Å². The number of benzene rings is 1. The highest BCUT2D eigenvalue weighted by molar-refractivity contribution is 5.71. The fraction of sp³-hybridized carbons (Fsp3) is 0.350. The summed E-state index contributed by atoms with van der Waals surface area (Å²) in [6.07, 6.45) is 0.262. The van der Waals surface area contributed by atoms with Crippen LogP contribution in [-0.2, 0) is 11.2 Å². The second-order valence-corrected chi connectivity index (χ2v) is 6.74. The summed E-state index contributed by atoms with van der Waals surface area (Å²) in [6, 6.07) is 9.25. The second kappa shape index (κ2) is 7.85. The molecule has 3 heterocycles. The molecule has 0 spiro atoms. The molecule has 0 unspecified atom stereocenters. The lowest BCUT2D eigenvalue weighted by molar-refractivity contribution is 0.0416. The summed E-state index contributed by atoms with van der Waals surface area (Å²) < 4.78 is 16.3. The molecule has 0 aliphatic carbocycles. The van der Waals surface area contributed by atoms with Crippen molar-refractivity contribution < 1.29 is 19.0 Å². The molecule has 2 aromatic rings. The van der Waals surface area contributed by atoms with Crippen molar-refractivity contribution in [1.82, 2.24) is 15.1 Å². The second-order valence-electron chi connectivity index (χ2n) is 6.74. The van der Waals surface area contributed by atoms with E-state index in [2.05, 4.69) is 16.3 Å². The number of carbonyl (C=O) groups excluding carboxylic acids is 1. The average molecular weight is 395 g/mol. The third-order valence-electron chi connectivity index (χ3n) is 5.04. The molecular weight excluding hydrogens is 374 g/mol. The molecule has 0 saturated carbocycles. The van der Waals surface area contributed by atoms with Crippen molar-refractivity contribution >= 4 is 6.09 Å². The number of allylic oxidation sites excluding steroid dienone is 1. The molecule has 0 radical (unpaired) electrons. The summed E-state index contributed by atoms with van der Waals surface area (Å²) >= 11 is 0. The topological polar surface area (TPSA) is 126 Å². The average Bonchev–Trinajstić information content (AvgIpc) is 3.15. The normalized spacial score (nSPS) is 18.6. The fourth-order valence-electron chi connectivity index (χ4n) is 3.58. The summed E-state index contributed by atoms with van der Waals surface area (Å²) in [5, 5.41) is 16.8. The number of aromatic nitrogens is 2. The van der Waals surface area contributed by atoms with E-state index >= 15 is 0 Å². The van der Waals surface area contributed by atoms with Gasteiger partial charge < -0.3 is 24.8 Å². The maximum absolute atomic E-state index is 12.4. The molecule has 1 amide bonds.